The molecule has 0 radical (unpaired) electrons. The topological polar surface area (TPSA) is 54.5 Å². The number of aromatic nitrogens is 1. The maximum Gasteiger partial charge on any atom is 0.242 e. The zero-order chi connectivity index (χ0) is 14.8. The number of likely N-dealkylation sites (N-methyl/N-ethyl adjacent to an activating group) is 1. The zero-order valence-electron chi connectivity index (χ0n) is 12.2. The number of anilines is 1. The van der Waals surface area contributed by atoms with Gasteiger partial charge in [0.2, 0.25) is 5.91 Å². The minimum Gasteiger partial charge on any atom is -0.380 e. The first-order valence-electron chi connectivity index (χ1n) is 7.06. The predicted octanol–water partition coefficient (Wildman–Crippen LogP) is 1.89. The SMILES string of the molecule is CO[C@H]1C[C@@H](C(=O)Nc2cc3ccccc3cn2)N(C)C1. The van der Waals surface area contributed by atoms with Gasteiger partial charge in [-0.1, -0.05) is 24.3 Å². The molecule has 1 N–H and O–H groups in total. The lowest BCUT2D eigenvalue weighted by Gasteiger charge is -2.17. The van der Waals surface area contributed by atoms with Crippen LogP contribution in [-0.2, 0) is 9.53 Å². The van der Waals surface area contributed by atoms with Gasteiger partial charge in [-0.3, -0.25) is 9.69 Å². The van der Waals surface area contributed by atoms with Gasteiger partial charge < -0.3 is 10.1 Å². The number of pyridine rings is 1. The third-order valence-corrected chi connectivity index (χ3v) is 4.03. The molecule has 0 saturated carbocycles. The molecule has 0 unspecified atom stereocenters. The van der Waals surface area contributed by atoms with Crippen molar-refractivity contribution >= 4 is 22.5 Å². The second-order valence-electron chi connectivity index (χ2n) is 5.45. The highest BCUT2D eigenvalue weighted by Gasteiger charge is 2.34. The van der Waals surface area contributed by atoms with Crippen LogP contribution in [0.15, 0.2) is 36.5 Å². The molecule has 3 rings (SSSR count). The number of ether oxygens (including phenoxy) is 1. The average Bonchev–Trinajstić information content (AvgIpc) is 2.88. The normalized spacial score (nSPS) is 22.6. The van der Waals surface area contributed by atoms with Crippen LogP contribution in [0.1, 0.15) is 6.42 Å². The van der Waals surface area contributed by atoms with Crippen LogP contribution in [0.2, 0.25) is 0 Å². The fourth-order valence-electron chi connectivity index (χ4n) is 2.79. The molecule has 5 heteroatoms. The summed E-state index contributed by atoms with van der Waals surface area (Å²) in [7, 11) is 3.63. The first-order chi connectivity index (χ1) is 10.2. The number of rotatable bonds is 3. The van der Waals surface area contributed by atoms with Crippen molar-refractivity contribution < 1.29 is 9.53 Å². The van der Waals surface area contributed by atoms with Crippen LogP contribution in [0.3, 0.4) is 0 Å². The number of hydrogen-bond donors (Lipinski definition) is 1. The predicted molar refractivity (Wildman–Crippen MR) is 82.2 cm³/mol. The highest BCUT2D eigenvalue weighted by Crippen LogP contribution is 2.21. The second-order valence-corrected chi connectivity index (χ2v) is 5.45. The van der Waals surface area contributed by atoms with Crippen LogP contribution in [0.4, 0.5) is 5.82 Å². The number of likely N-dealkylation sites (tertiary alicyclic amines) is 1. The number of nitrogens with one attached hydrogen (secondary N) is 1. The zero-order valence-corrected chi connectivity index (χ0v) is 12.2. The number of amides is 1. The van der Waals surface area contributed by atoms with Crippen molar-refractivity contribution in [2.24, 2.45) is 0 Å². The van der Waals surface area contributed by atoms with Crippen LogP contribution < -0.4 is 5.32 Å². The number of fused-ring (bicyclic) bond motifs is 1. The summed E-state index contributed by atoms with van der Waals surface area (Å²) in [6.45, 7) is 0.778. The fourth-order valence-corrected chi connectivity index (χ4v) is 2.79. The lowest BCUT2D eigenvalue weighted by atomic mass is 10.1. The number of carbonyl (C=O) groups is 1. The standard InChI is InChI=1S/C16H19N3O2/c1-19-10-13(21-2)8-14(19)16(20)18-15-7-11-5-3-4-6-12(11)9-17-15/h3-7,9,13-14H,8,10H2,1-2H3,(H,17,18,20)/t13-,14-/m0/s1. The first-order valence-corrected chi connectivity index (χ1v) is 7.06. The molecule has 0 aliphatic carbocycles. The number of methoxy groups -OCH3 is 1. The maximum absolute atomic E-state index is 12.4. The highest BCUT2D eigenvalue weighted by molar-refractivity contribution is 5.96. The molecule has 2 atom stereocenters. The number of carbonyl (C=O) groups excluding carboxylic acids is 1. The fraction of sp³-hybridized carbons (Fsp3) is 0.375. The van der Waals surface area contributed by atoms with Gasteiger partial charge in [0.25, 0.3) is 0 Å². The Labute approximate surface area is 123 Å². The summed E-state index contributed by atoms with van der Waals surface area (Å²) in [5, 5.41) is 5.03. The molecule has 21 heavy (non-hydrogen) atoms. The Morgan fingerprint density at radius 2 is 2.14 bits per heavy atom. The van der Waals surface area contributed by atoms with Crippen molar-refractivity contribution in [1.29, 1.82) is 0 Å². The lowest BCUT2D eigenvalue weighted by Crippen LogP contribution is -2.37. The van der Waals surface area contributed by atoms with Crippen molar-refractivity contribution in [2.45, 2.75) is 18.6 Å². The summed E-state index contributed by atoms with van der Waals surface area (Å²) in [5.41, 5.74) is 0. The van der Waals surface area contributed by atoms with E-state index in [9.17, 15) is 4.79 Å². The van der Waals surface area contributed by atoms with Gasteiger partial charge in [-0.05, 0) is 24.9 Å². The summed E-state index contributed by atoms with van der Waals surface area (Å²) in [6, 6.07) is 9.69. The van der Waals surface area contributed by atoms with Gasteiger partial charge in [0.05, 0.1) is 12.1 Å². The molecule has 1 aliphatic rings. The van der Waals surface area contributed by atoms with E-state index in [-0.39, 0.29) is 18.1 Å². The molecule has 0 spiro atoms. The molecule has 1 aromatic heterocycles. The van der Waals surface area contributed by atoms with E-state index in [1.807, 2.05) is 42.3 Å². The van der Waals surface area contributed by atoms with Crippen molar-refractivity contribution in [1.82, 2.24) is 9.88 Å². The molecule has 2 heterocycles. The van der Waals surface area contributed by atoms with Crippen LogP contribution in [0.5, 0.6) is 0 Å². The van der Waals surface area contributed by atoms with Gasteiger partial charge in [0.15, 0.2) is 0 Å². The Balaban J connectivity index is 1.74. The molecule has 1 aromatic carbocycles. The van der Waals surface area contributed by atoms with Gasteiger partial charge in [0, 0.05) is 25.2 Å². The summed E-state index contributed by atoms with van der Waals surface area (Å²) in [6.07, 6.45) is 2.61. The summed E-state index contributed by atoms with van der Waals surface area (Å²) < 4.78 is 5.33. The van der Waals surface area contributed by atoms with E-state index in [4.69, 9.17) is 4.74 Å². The van der Waals surface area contributed by atoms with E-state index >= 15 is 0 Å². The molecule has 2 aromatic rings. The molecular formula is C16H19N3O2. The Morgan fingerprint density at radius 3 is 2.86 bits per heavy atom. The van der Waals surface area contributed by atoms with E-state index in [1.165, 1.54) is 0 Å². The summed E-state index contributed by atoms with van der Waals surface area (Å²) in [4.78, 5) is 18.7. The minimum absolute atomic E-state index is 0.0279. The van der Waals surface area contributed by atoms with Crippen LogP contribution in [0.25, 0.3) is 10.8 Å². The van der Waals surface area contributed by atoms with Crippen molar-refractivity contribution in [3.8, 4) is 0 Å². The molecule has 1 saturated heterocycles. The highest BCUT2D eigenvalue weighted by atomic mass is 16.5. The van der Waals surface area contributed by atoms with Crippen LogP contribution >= 0.6 is 0 Å². The van der Waals surface area contributed by atoms with Gasteiger partial charge in [-0.2, -0.15) is 0 Å². The van der Waals surface area contributed by atoms with E-state index in [1.54, 1.807) is 13.3 Å². The molecular weight excluding hydrogens is 266 g/mol. The number of hydrogen-bond acceptors (Lipinski definition) is 4. The average molecular weight is 285 g/mol. The largest absolute Gasteiger partial charge is 0.380 e. The van der Waals surface area contributed by atoms with Crippen LogP contribution in [0, 0.1) is 0 Å². The Morgan fingerprint density at radius 1 is 1.38 bits per heavy atom. The van der Waals surface area contributed by atoms with E-state index in [0.717, 1.165) is 17.3 Å². The number of benzene rings is 1. The van der Waals surface area contributed by atoms with Crippen molar-refractivity contribution in [3.05, 3.63) is 36.5 Å². The Bertz CT molecular complexity index is 659. The Kier molecular flexibility index (Phi) is 3.86. The lowest BCUT2D eigenvalue weighted by molar-refractivity contribution is -0.120. The monoisotopic (exact) mass is 285 g/mol. The second kappa shape index (κ2) is 5.79. The van der Waals surface area contributed by atoms with Gasteiger partial charge >= 0.3 is 0 Å². The van der Waals surface area contributed by atoms with E-state index in [2.05, 4.69) is 10.3 Å². The van der Waals surface area contributed by atoms with Gasteiger partial charge in [-0.25, -0.2) is 4.98 Å². The van der Waals surface area contributed by atoms with E-state index < -0.39 is 0 Å². The van der Waals surface area contributed by atoms with Crippen molar-refractivity contribution in [2.75, 3.05) is 26.0 Å². The molecule has 0 bridgehead atoms. The van der Waals surface area contributed by atoms with Crippen LogP contribution in [-0.4, -0.2) is 48.6 Å². The van der Waals surface area contributed by atoms with E-state index in [0.29, 0.717) is 12.2 Å². The quantitative estimate of drug-likeness (QED) is 0.935. The molecule has 110 valence electrons. The van der Waals surface area contributed by atoms with Gasteiger partial charge in [-0.15, -0.1) is 0 Å². The third kappa shape index (κ3) is 2.89. The molecule has 1 fully saturated rings. The summed E-state index contributed by atoms with van der Waals surface area (Å²) >= 11 is 0. The maximum atomic E-state index is 12.4. The smallest absolute Gasteiger partial charge is 0.242 e. The minimum atomic E-state index is -0.164. The van der Waals surface area contributed by atoms with Crippen molar-refractivity contribution in [3.63, 3.8) is 0 Å². The Hall–Kier alpha value is -1.98. The summed E-state index contributed by atoms with van der Waals surface area (Å²) in [5.74, 6) is 0.563. The van der Waals surface area contributed by atoms with Gasteiger partial charge in [0.1, 0.15) is 5.82 Å². The molecule has 1 amide bonds. The number of nitrogens with zero attached hydrogens (tertiary/aromatic N) is 2. The molecule has 1 aliphatic heterocycles. The first kappa shape index (κ1) is 14.0. The molecule has 5 nitrogen and oxygen atoms in total. The third-order valence-electron chi connectivity index (χ3n) is 4.03.